The Labute approximate surface area is 118 Å². The SMILES string of the molecule is CN1CCCC2CN(CCC3CCCC3N)CCC21. The Morgan fingerprint density at radius 1 is 1.05 bits per heavy atom. The van der Waals surface area contributed by atoms with E-state index in [4.69, 9.17) is 5.73 Å². The van der Waals surface area contributed by atoms with Gasteiger partial charge >= 0.3 is 0 Å². The van der Waals surface area contributed by atoms with Crippen molar-refractivity contribution in [2.75, 3.05) is 33.2 Å². The quantitative estimate of drug-likeness (QED) is 0.846. The molecule has 4 unspecified atom stereocenters. The summed E-state index contributed by atoms with van der Waals surface area (Å²) in [5.74, 6) is 1.75. The molecule has 0 amide bonds. The summed E-state index contributed by atoms with van der Waals surface area (Å²) in [7, 11) is 2.32. The van der Waals surface area contributed by atoms with E-state index in [1.54, 1.807) is 0 Å². The van der Waals surface area contributed by atoms with E-state index in [-0.39, 0.29) is 0 Å². The summed E-state index contributed by atoms with van der Waals surface area (Å²) < 4.78 is 0. The maximum atomic E-state index is 6.19. The van der Waals surface area contributed by atoms with Crippen molar-refractivity contribution in [1.82, 2.24) is 9.80 Å². The number of nitrogens with zero attached hydrogens (tertiary/aromatic N) is 2. The van der Waals surface area contributed by atoms with Gasteiger partial charge in [-0.3, -0.25) is 0 Å². The fraction of sp³-hybridized carbons (Fsp3) is 1.00. The van der Waals surface area contributed by atoms with Crippen LogP contribution in [0, 0.1) is 11.8 Å². The lowest BCUT2D eigenvalue weighted by Crippen LogP contribution is -2.52. The van der Waals surface area contributed by atoms with E-state index in [0.29, 0.717) is 6.04 Å². The van der Waals surface area contributed by atoms with Crippen LogP contribution >= 0.6 is 0 Å². The Kier molecular flexibility index (Phi) is 4.45. The Hall–Kier alpha value is -0.120. The normalized spacial score (nSPS) is 41.4. The summed E-state index contributed by atoms with van der Waals surface area (Å²) in [6, 6.07) is 1.37. The molecule has 0 radical (unpaired) electrons. The van der Waals surface area contributed by atoms with Crippen molar-refractivity contribution in [2.45, 2.75) is 57.0 Å². The van der Waals surface area contributed by atoms with Crippen molar-refractivity contribution in [3.8, 4) is 0 Å². The lowest BCUT2D eigenvalue weighted by atomic mass is 9.84. The van der Waals surface area contributed by atoms with E-state index < -0.39 is 0 Å². The zero-order valence-corrected chi connectivity index (χ0v) is 12.6. The van der Waals surface area contributed by atoms with Crippen LogP contribution in [0.1, 0.15) is 44.9 Å². The van der Waals surface area contributed by atoms with Crippen molar-refractivity contribution in [3.63, 3.8) is 0 Å². The number of nitrogens with two attached hydrogens (primary N) is 1. The number of rotatable bonds is 3. The number of hydrogen-bond donors (Lipinski definition) is 1. The number of hydrogen-bond acceptors (Lipinski definition) is 3. The molecule has 1 saturated carbocycles. The van der Waals surface area contributed by atoms with Gasteiger partial charge in [0.1, 0.15) is 0 Å². The molecular weight excluding hydrogens is 234 g/mol. The topological polar surface area (TPSA) is 32.5 Å². The fourth-order valence-corrected chi connectivity index (χ4v) is 4.70. The Balaban J connectivity index is 1.45. The van der Waals surface area contributed by atoms with E-state index in [0.717, 1.165) is 17.9 Å². The first kappa shape index (κ1) is 13.8. The second-order valence-corrected chi connectivity index (χ2v) is 7.18. The third kappa shape index (κ3) is 3.14. The molecule has 2 N–H and O–H groups in total. The van der Waals surface area contributed by atoms with Crippen LogP contribution in [0.2, 0.25) is 0 Å². The second kappa shape index (κ2) is 6.11. The number of fused-ring (bicyclic) bond motifs is 1. The maximum absolute atomic E-state index is 6.19. The fourth-order valence-electron chi connectivity index (χ4n) is 4.70. The van der Waals surface area contributed by atoms with Gasteiger partial charge in [0.15, 0.2) is 0 Å². The number of likely N-dealkylation sites (tertiary alicyclic amines) is 2. The average Bonchev–Trinajstić information content (AvgIpc) is 2.82. The predicted octanol–water partition coefficient (Wildman–Crippen LogP) is 1.92. The van der Waals surface area contributed by atoms with Gasteiger partial charge in [0.25, 0.3) is 0 Å². The third-order valence-corrected chi connectivity index (χ3v) is 5.96. The molecule has 2 saturated heterocycles. The molecule has 0 aromatic heterocycles. The van der Waals surface area contributed by atoms with Gasteiger partial charge in [-0.2, -0.15) is 0 Å². The molecule has 1 aliphatic carbocycles. The minimum atomic E-state index is 0.498. The van der Waals surface area contributed by atoms with Gasteiger partial charge in [-0.1, -0.05) is 6.42 Å². The Morgan fingerprint density at radius 2 is 1.95 bits per heavy atom. The molecule has 4 atom stereocenters. The first-order valence-corrected chi connectivity index (χ1v) is 8.42. The van der Waals surface area contributed by atoms with E-state index in [1.807, 2.05) is 0 Å². The summed E-state index contributed by atoms with van der Waals surface area (Å²) >= 11 is 0. The Morgan fingerprint density at radius 3 is 2.74 bits per heavy atom. The summed E-state index contributed by atoms with van der Waals surface area (Å²) in [4.78, 5) is 5.34. The molecular formula is C16H31N3. The largest absolute Gasteiger partial charge is 0.327 e. The highest BCUT2D eigenvalue weighted by Crippen LogP contribution is 2.31. The third-order valence-electron chi connectivity index (χ3n) is 5.96. The molecule has 0 bridgehead atoms. The smallest absolute Gasteiger partial charge is 0.0145 e. The van der Waals surface area contributed by atoms with Gasteiger partial charge in [0.05, 0.1) is 0 Å². The summed E-state index contributed by atoms with van der Waals surface area (Å²) in [6.07, 6.45) is 9.59. The van der Waals surface area contributed by atoms with Crippen LogP contribution in [0.4, 0.5) is 0 Å². The highest BCUT2D eigenvalue weighted by molar-refractivity contribution is 4.90. The van der Waals surface area contributed by atoms with Crippen LogP contribution in [0.15, 0.2) is 0 Å². The van der Waals surface area contributed by atoms with E-state index >= 15 is 0 Å². The van der Waals surface area contributed by atoms with Crippen LogP contribution in [0.3, 0.4) is 0 Å². The molecule has 0 aromatic rings. The van der Waals surface area contributed by atoms with Gasteiger partial charge < -0.3 is 15.5 Å². The molecule has 3 fully saturated rings. The van der Waals surface area contributed by atoms with E-state index in [9.17, 15) is 0 Å². The standard InChI is InChI=1S/C16H31N3/c1-18-9-3-5-14-12-19(11-8-16(14)18)10-7-13-4-2-6-15(13)17/h13-16H,2-12,17H2,1H3. The Bertz CT molecular complexity index is 294. The first-order chi connectivity index (χ1) is 9.24. The molecule has 3 aliphatic rings. The monoisotopic (exact) mass is 265 g/mol. The number of piperidine rings is 2. The lowest BCUT2D eigenvalue weighted by Gasteiger charge is -2.46. The van der Waals surface area contributed by atoms with Gasteiger partial charge in [-0.05, 0) is 77.0 Å². The summed E-state index contributed by atoms with van der Waals surface area (Å²) in [5, 5.41) is 0. The van der Waals surface area contributed by atoms with Crippen LogP contribution in [0.5, 0.6) is 0 Å². The van der Waals surface area contributed by atoms with Crippen molar-refractivity contribution < 1.29 is 0 Å². The molecule has 2 heterocycles. The highest BCUT2D eigenvalue weighted by atomic mass is 15.2. The minimum absolute atomic E-state index is 0.498. The van der Waals surface area contributed by atoms with Crippen LogP contribution in [-0.4, -0.2) is 55.1 Å². The molecule has 3 heteroatoms. The average molecular weight is 265 g/mol. The second-order valence-electron chi connectivity index (χ2n) is 7.18. The molecule has 0 spiro atoms. The highest BCUT2D eigenvalue weighted by Gasteiger charge is 2.34. The van der Waals surface area contributed by atoms with Gasteiger partial charge in [0, 0.05) is 18.6 Å². The van der Waals surface area contributed by atoms with Crippen LogP contribution in [0.25, 0.3) is 0 Å². The maximum Gasteiger partial charge on any atom is 0.0145 e. The van der Waals surface area contributed by atoms with Crippen molar-refractivity contribution in [1.29, 1.82) is 0 Å². The molecule has 3 nitrogen and oxygen atoms in total. The summed E-state index contributed by atoms with van der Waals surface area (Å²) in [5.41, 5.74) is 6.19. The zero-order valence-electron chi connectivity index (χ0n) is 12.6. The van der Waals surface area contributed by atoms with E-state index in [2.05, 4.69) is 16.8 Å². The summed E-state index contributed by atoms with van der Waals surface area (Å²) in [6.45, 7) is 5.27. The first-order valence-electron chi connectivity index (χ1n) is 8.42. The minimum Gasteiger partial charge on any atom is -0.327 e. The molecule has 2 aliphatic heterocycles. The molecule has 0 aromatic carbocycles. The van der Waals surface area contributed by atoms with Gasteiger partial charge in [-0.25, -0.2) is 0 Å². The molecule has 110 valence electrons. The van der Waals surface area contributed by atoms with Crippen LogP contribution in [-0.2, 0) is 0 Å². The van der Waals surface area contributed by atoms with Gasteiger partial charge in [0.2, 0.25) is 0 Å². The molecule has 19 heavy (non-hydrogen) atoms. The van der Waals surface area contributed by atoms with Crippen molar-refractivity contribution >= 4 is 0 Å². The van der Waals surface area contributed by atoms with Crippen molar-refractivity contribution in [2.24, 2.45) is 17.6 Å². The lowest BCUT2D eigenvalue weighted by molar-refractivity contribution is 0.0364. The van der Waals surface area contributed by atoms with E-state index in [1.165, 1.54) is 71.1 Å². The van der Waals surface area contributed by atoms with Crippen molar-refractivity contribution in [3.05, 3.63) is 0 Å². The molecule has 3 rings (SSSR count). The van der Waals surface area contributed by atoms with Crippen LogP contribution < -0.4 is 5.73 Å². The predicted molar refractivity (Wildman–Crippen MR) is 80.1 cm³/mol. The zero-order chi connectivity index (χ0) is 13.2. The van der Waals surface area contributed by atoms with Gasteiger partial charge in [-0.15, -0.1) is 0 Å².